The van der Waals surface area contributed by atoms with Crippen LogP contribution in [-0.2, 0) is 4.79 Å². The SMILES string of the molecule is CCC[C@H](C(=O)NN)N1c2cc(C)ccc2[C@@H](C)CC1(C)C. The van der Waals surface area contributed by atoms with Crippen molar-refractivity contribution in [3.63, 3.8) is 0 Å². The zero-order valence-electron chi connectivity index (χ0n) is 14.4. The van der Waals surface area contributed by atoms with E-state index in [0.717, 1.165) is 19.3 Å². The van der Waals surface area contributed by atoms with Crippen LogP contribution in [0.2, 0.25) is 0 Å². The molecule has 1 amide bonds. The van der Waals surface area contributed by atoms with Crippen LogP contribution in [0.5, 0.6) is 0 Å². The molecule has 1 aliphatic rings. The Balaban J connectivity index is 2.57. The minimum absolute atomic E-state index is 0.0768. The standard InChI is InChI=1S/C18H29N3O/c1-6-7-15(17(22)20-19)21-16-10-12(2)8-9-14(16)13(3)11-18(21,4)5/h8-10,13,15H,6-7,11,19H2,1-5H3,(H,20,22)/t13-,15+/m0/s1. The summed E-state index contributed by atoms with van der Waals surface area (Å²) in [4.78, 5) is 14.7. The molecule has 0 aliphatic carbocycles. The van der Waals surface area contributed by atoms with E-state index in [9.17, 15) is 4.79 Å². The van der Waals surface area contributed by atoms with Crippen molar-refractivity contribution in [2.45, 2.75) is 71.4 Å². The normalized spacial score (nSPS) is 21.2. The van der Waals surface area contributed by atoms with Crippen molar-refractivity contribution in [2.75, 3.05) is 4.90 Å². The molecule has 1 aromatic rings. The maximum Gasteiger partial charge on any atom is 0.256 e. The summed E-state index contributed by atoms with van der Waals surface area (Å²) < 4.78 is 0. The molecule has 3 N–H and O–H groups in total. The van der Waals surface area contributed by atoms with Crippen molar-refractivity contribution in [3.8, 4) is 0 Å². The summed E-state index contributed by atoms with van der Waals surface area (Å²) in [5.74, 6) is 5.84. The fourth-order valence-electron chi connectivity index (χ4n) is 3.90. The third-order valence-electron chi connectivity index (χ3n) is 4.75. The Kier molecular flexibility index (Phi) is 4.81. The molecule has 1 aromatic carbocycles. The Morgan fingerprint density at radius 1 is 1.50 bits per heavy atom. The second-order valence-corrected chi connectivity index (χ2v) is 7.16. The molecule has 0 spiro atoms. The average molecular weight is 303 g/mol. The molecule has 0 saturated carbocycles. The highest BCUT2D eigenvalue weighted by Crippen LogP contribution is 2.45. The van der Waals surface area contributed by atoms with Gasteiger partial charge in [-0.2, -0.15) is 0 Å². The first-order valence-electron chi connectivity index (χ1n) is 8.22. The first kappa shape index (κ1) is 16.8. The number of nitrogens with one attached hydrogen (secondary N) is 1. The highest BCUT2D eigenvalue weighted by molar-refractivity contribution is 5.86. The topological polar surface area (TPSA) is 58.4 Å². The molecule has 1 aliphatic heterocycles. The number of carbonyl (C=O) groups is 1. The van der Waals surface area contributed by atoms with Crippen LogP contribution in [0, 0.1) is 6.92 Å². The first-order valence-corrected chi connectivity index (χ1v) is 8.22. The monoisotopic (exact) mass is 303 g/mol. The number of fused-ring (bicyclic) bond motifs is 1. The van der Waals surface area contributed by atoms with Gasteiger partial charge in [-0.25, -0.2) is 5.84 Å². The lowest BCUT2D eigenvalue weighted by molar-refractivity contribution is -0.123. The van der Waals surface area contributed by atoms with E-state index < -0.39 is 0 Å². The van der Waals surface area contributed by atoms with Crippen LogP contribution in [0.1, 0.15) is 64.0 Å². The summed E-state index contributed by atoms with van der Waals surface area (Å²) in [6, 6.07) is 6.35. The van der Waals surface area contributed by atoms with Crippen LogP contribution in [0.3, 0.4) is 0 Å². The summed E-state index contributed by atoms with van der Waals surface area (Å²) >= 11 is 0. The van der Waals surface area contributed by atoms with Crippen molar-refractivity contribution >= 4 is 11.6 Å². The van der Waals surface area contributed by atoms with Gasteiger partial charge in [0.05, 0.1) is 0 Å². The van der Waals surface area contributed by atoms with Gasteiger partial charge < -0.3 is 4.90 Å². The highest BCUT2D eigenvalue weighted by Gasteiger charge is 2.41. The molecule has 0 bridgehead atoms. The van der Waals surface area contributed by atoms with Crippen LogP contribution < -0.4 is 16.2 Å². The lowest BCUT2D eigenvalue weighted by Crippen LogP contribution is -2.59. The molecular formula is C18H29N3O. The second-order valence-electron chi connectivity index (χ2n) is 7.16. The summed E-state index contributed by atoms with van der Waals surface area (Å²) in [5, 5.41) is 0. The number of anilines is 1. The number of carbonyl (C=O) groups excluding carboxylic acids is 1. The van der Waals surface area contributed by atoms with Crippen molar-refractivity contribution in [1.82, 2.24) is 5.43 Å². The van der Waals surface area contributed by atoms with Gasteiger partial charge in [0.25, 0.3) is 5.91 Å². The highest BCUT2D eigenvalue weighted by atomic mass is 16.2. The smallest absolute Gasteiger partial charge is 0.256 e. The lowest BCUT2D eigenvalue weighted by Gasteiger charge is -2.50. The van der Waals surface area contributed by atoms with Gasteiger partial charge in [-0.05, 0) is 56.7 Å². The number of hydrazine groups is 1. The number of aryl methyl sites for hydroxylation is 1. The molecule has 2 atom stereocenters. The van der Waals surface area contributed by atoms with Crippen LogP contribution in [0.25, 0.3) is 0 Å². The van der Waals surface area contributed by atoms with Crippen molar-refractivity contribution < 1.29 is 4.79 Å². The first-order chi connectivity index (χ1) is 10.3. The van der Waals surface area contributed by atoms with E-state index in [-0.39, 0.29) is 17.5 Å². The lowest BCUT2D eigenvalue weighted by atomic mass is 9.78. The van der Waals surface area contributed by atoms with E-state index in [1.165, 1.54) is 16.8 Å². The third kappa shape index (κ3) is 2.98. The molecule has 0 unspecified atom stereocenters. The molecule has 22 heavy (non-hydrogen) atoms. The van der Waals surface area contributed by atoms with Crippen molar-refractivity contribution in [3.05, 3.63) is 29.3 Å². The van der Waals surface area contributed by atoms with Crippen molar-refractivity contribution in [2.24, 2.45) is 5.84 Å². The Morgan fingerprint density at radius 2 is 2.18 bits per heavy atom. The van der Waals surface area contributed by atoms with E-state index in [4.69, 9.17) is 5.84 Å². The molecule has 2 rings (SSSR count). The van der Waals surface area contributed by atoms with E-state index in [1.54, 1.807) is 0 Å². The van der Waals surface area contributed by atoms with E-state index in [1.807, 2.05) is 0 Å². The second kappa shape index (κ2) is 6.29. The average Bonchev–Trinajstić information content (AvgIpc) is 2.44. The number of hydrogen-bond donors (Lipinski definition) is 2. The zero-order chi connectivity index (χ0) is 16.5. The van der Waals surface area contributed by atoms with Crippen LogP contribution in [0.4, 0.5) is 5.69 Å². The van der Waals surface area contributed by atoms with Gasteiger partial charge >= 0.3 is 0 Å². The molecule has 0 aromatic heterocycles. The summed E-state index contributed by atoms with van der Waals surface area (Å²) in [6.07, 6.45) is 2.77. The summed E-state index contributed by atoms with van der Waals surface area (Å²) in [5.41, 5.74) is 6.02. The Hall–Kier alpha value is -1.55. The Morgan fingerprint density at radius 3 is 2.77 bits per heavy atom. The van der Waals surface area contributed by atoms with Gasteiger partial charge in [0, 0.05) is 11.2 Å². The van der Waals surface area contributed by atoms with E-state index in [0.29, 0.717) is 5.92 Å². The fourth-order valence-corrected chi connectivity index (χ4v) is 3.90. The Labute approximate surface area is 134 Å². The van der Waals surface area contributed by atoms with E-state index >= 15 is 0 Å². The quantitative estimate of drug-likeness (QED) is 0.510. The minimum atomic E-state index is -0.224. The van der Waals surface area contributed by atoms with Gasteiger partial charge in [-0.15, -0.1) is 0 Å². The van der Waals surface area contributed by atoms with Gasteiger partial charge in [0.1, 0.15) is 6.04 Å². The van der Waals surface area contributed by atoms with Gasteiger partial charge in [0.2, 0.25) is 0 Å². The number of hydrogen-bond acceptors (Lipinski definition) is 3. The molecule has 0 radical (unpaired) electrons. The fraction of sp³-hybridized carbons (Fsp3) is 0.611. The van der Waals surface area contributed by atoms with Crippen LogP contribution in [-0.4, -0.2) is 17.5 Å². The van der Waals surface area contributed by atoms with Gasteiger partial charge in [-0.3, -0.25) is 10.2 Å². The molecular weight excluding hydrogens is 274 g/mol. The number of amides is 1. The number of nitrogens with zero attached hydrogens (tertiary/aromatic N) is 1. The maximum atomic E-state index is 12.4. The predicted molar refractivity (Wildman–Crippen MR) is 91.8 cm³/mol. The molecule has 0 fully saturated rings. The van der Waals surface area contributed by atoms with Gasteiger partial charge in [0.15, 0.2) is 0 Å². The Bertz CT molecular complexity index is 553. The molecule has 4 heteroatoms. The number of rotatable bonds is 4. The minimum Gasteiger partial charge on any atom is -0.354 e. The van der Waals surface area contributed by atoms with E-state index in [2.05, 4.69) is 63.1 Å². The summed E-state index contributed by atoms with van der Waals surface area (Å²) in [7, 11) is 0. The number of benzene rings is 1. The molecule has 0 saturated heterocycles. The largest absolute Gasteiger partial charge is 0.354 e. The molecule has 4 nitrogen and oxygen atoms in total. The number of nitrogens with two attached hydrogens (primary N) is 1. The third-order valence-corrected chi connectivity index (χ3v) is 4.75. The van der Waals surface area contributed by atoms with Crippen molar-refractivity contribution in [1.29, 1.82) is 0 Å². The van der Waals surface area contributed by atoms with Gasteiger partial charge in [-0.1, -0.05) is 32.4 Å². The van der Waals surface area contributed by atoms with Crippen LogP contribution in [0.15, 0.2) is 18.2 Å². The molecule has 122 valence electrons. The van der Waals surface area contributed by atoms with Crippen LogP contribution >= 0.6 is 0 Å². The molecule has 1 heterocycles. The zero-order valence-corrected chi connectivity index (χ0v) is 14.4. The maximum absolute atomic E-state index is 12.4. The predicted octanol–water partition coefficient (Wildman–Crippen LogP) is 3.25. The summed E-state index contributed by atoms with van der Waals surface area (Å²) in [6.45, 7) is 10.9.